The molecule has 10 aromatic rings. The minimum atomic E-state index is 0.871. The molecule has 10 rings (SSSR count). The van der Waals surface area contributed by atoms with E-state index in [0.29, 0.717) is 0 Å². The minimum Gasteiger partial charge on any atom is -0.455 e. The number of hydrogen-bond donors (Lipinski definition) is 0. The van der Waals surface area contributed by atoms with Gasteiger partial charge in [0, 0.05) is 49.6 Å². The fraction of sp³-hybridized carbons (Fsp3) is 0. The number of furan rings is 1. The van der Waals surface area contributed by atoms with E-state index in [0.717, 1.165) is 61.4 Å². The number of fused-ring (bicyclic) bond motifs is 6. The van der Waals surface area contributed by atoms with Crippen LogP contribution in [0.5, 0.6) is 0 Å². The summed E-state index contributed by atoms with van der Waals surface area (Å²) < 4.78 is 9.20. The molecule has 51 heavy (non-hydrogen) atoms. The molecule has 0 spiro atoms. The summed E-state index contributed by atoms with van der Waals surface area (Å²) in [7, 11) is 0. The summed E-state index contributed by atoms with van der Waals surface area (Å²) in [4.78, 5) is 2.39. The number of nitrogens with zero attached hydrogens (tertiary/aromatic N) is 2. The van der Waals surface area contributed by atoms with E-state index in [2.05, 4.69) is 198 Å². The molecule has 0 aliphatic heterocycles. The normalized spacial score (nSPS) is 11.5. The molecule has 3 heteroatoms. The van der Waals surface area contributed by atoms with E-state index in [1.54, 1.807) is 0 Å². The van der Waals surface area contributed by atoms with Crippen LogP contribution in [0.4, 0.5) is 17.1 Å². The van der Waals surface area contributed by atoms with Crippen LogP contribution in [0.15, 0.2) is 199 Å². The summed E-state index contributed by atoms with van der Waals surface area (Å²) in [5, 5.41) is 4.64. The summed E-state index contributed by atoms with van der Waals surface area (Å²) in [6.07, 6.45) is 0. The Morgan fingerprint density at radius 3 is 1.71 bits per heavy atom. The zero-order valence-corrected chi connectivity index (χ0v) is 27.8. The number of rotatable bonds is 6. The Balaban J connectivity index is 1.30. The summed E-state index contributed by atoms with van der Waals surface area (Å²) in [5.74, 6) is 0. The summed E-state index contributed by atoms with van der Waals surface area (Å²) in [5.41, 5.74) is 12.9. The Morgan fingerprint density at radius 2 is 0.961 bits per heavy atom. The Morgan fingerprint density at radius 1 is 0.392 bits per heavy atom. The van der Waals surface area contributed by atoms with Gasteiger partial charge in [-0.15, -0.1) is 0 Å². The van der Waals surface area contributed by atoms with Crippen LogP contribution in [0, 0.1) is 0 Å². The van der Waals surface area contributed by atoms with Crippen LogP contribution >= 0.6 is 0 Å². The van der Waals surface area contributed by atoms with Gasteiger partial charge in [-0.05, 0) is 60.2 Å². The summed E-state index contributed by atoms with van der Waals surface area (Å²) >= 11 is 0. The van der Waals surface area contributed by atoms with Crippen molar-refractivity contribution < 1.29 is 4.42 Å². The molecular formula is C48H32N2O. The fourth-order valence-corrected chi connectivity index (χ4v) is 7.75. The molecular weight excluding hydrogens is 621 g/mol. The molecule has 0 radical (unpaired) electrons. The van der Waals surface area contributed by atoms with Crippen LogP contribution in [0.2, 0.25) is 0 Å². The standard InChI is InChI=1S/C48H32N2O/c1-3-17-33(18-4-1)36-21-7-12-26-43(36)49(34-19-5-2-6-20-34)35-31-41(48-42(32-35)40-25-11-16-30-47(40)51-48)39-24-10-15-29-46(39)50-44-27-13-8-22-37(44)38-23-9-14-28-45(38)50/h1-32H. The third-order valence-electron chi connectivity index (χ3n) is 9.98. The van der Waals surface area contributed by atoms with Crippen molar-refractivity contribution in [2.45, 2.75) is 0 Å². The number of anilines is 3. The quantitative estimate of drug-likeness (QED) is 0.178. The van der Waals surface area contributed by atoms with Gasteiger partial charge in [-0.3, -0.25) is 0 Å². The maximum Gasteiger partial charge on any atom is 0.143 e. The van der Waals surface area contributed by atoms with Crippen molar-refractivity contribution in [2.75, 3.05) is 4.90 Å². The molecule has 0 atom stereocenters. The topological polar surface area (TPSA) is 21.3 Å². The predicted octanol–water partition coefficient (Wildman–Crippen LogP) is 13.5. The lowest BCUT2D eigenvalue weighted by molar-refractivity contribution is 0.670. The average Bonchev–Trinajstić information content (AvgIpc) is 3.75. The van der Waals surface area contributed by atoms with Gasteiger partial charge in [0.2, 0.25) is 0 Å². The molecule has 2 heterocycles. The first-order valence-corrected chi connectivity index (χ1v) is 17.4. The lowest BCUT2D eigenvalue weighted by atomic mass is 9.97. The van der Waals surface area contributed by atoms with E-state index in [9.17, 15) is 0 Å². The van der Waals surface area contributed by atoms with Crippen molar-refractivity contribution in [1.29, 1.82) is 0 Å². The highest BCUT2D eigenvalue weighted by molar-refractivity contribution is 6.14. The molecule has 0 aliphatic carbocycles. The summed E-state index contributed by atoms with van der Waals surface area (Å²) in [6.45, 7) is 0. The molecule has 0 amide bonds. The van der Waals surface area contributed by atoms with Crippen molar-refractivity contribution in [2.24, 2.45) is 0 Å². The molecule has 0 bridgehead atoms. The molecule has 0 unspecified atom stereocenters. The van der Waals surface area contributed by atoms with Gasteiger partial charge in [0.05, 0.1) is 22.4 Å². The third kappa shape index (κ3) is 4.74. The van der Waals surface area contributed by atoms with Gasteiger partial charge in [-0.1, -0.05) is 140 Å². The number of benzene rings is 8. The van der Waals surface area contributed by atoms with Crippen molar-refractivity contribution in [3.63, 3.8) is 0 Å². The monoisotopic (exact) mass is 652 g/mol. The highest BCUT2D eigenvalue weighted by Crippen LogP contribution is 2.47. The second kappa shape index (κ2) is 11.9. The second-order valence-corrected chi connectivity index (χ2v) is 12.9. The first-order valence-electron chi connectivity index (χ1n) is 17.4. The molecule has 2 aromatic heterocycles. The maximum atomic E-state index is 6.80. The van der Waals surface area contributed by atoms with Crippen LogP contribution in [0.1, 0.15) is 0 Å². The highest BCUT2D eigenvalue weighted by atomic mass is 16.3. The van der Waals surface area contributed by atoms with Crippen molar-refractivity contribution in [3.05, 3.63) is 194 Å². The Labute approximate surface area is 295 Å². The minimum absolute atomic E-state index is 0.871. The van der Waals surface area contributed by atoms with E-state index in [-0.39, 0.29) is 0 Å². The number of para-hydroxylation sites is 6. The Kier molecular flexibility index (Phi) is 6.81. The number of aromatic nitrogens is 1. The van der Waals surface area contributed by atoms with Gasteiger partial charge < -0.3 is 13.9 Å². The second-order valence-electron chi connectivity index (χ2n) is 12.9. The lowest BCUT2D eigenvalue weighted by Gasteiger charge is -2.28. The van der Waals surface area contributed by atoms with Crippen molar-refractivity contribution in [1.82, 2.24) is 4.57 Å². The SMILES string of the molecule is c1ccc(-c2ccccc2N(c2ccccc2)c2cc(-c3ccccc3-n3c4ccccc4c4ccccc43)c3oc4ccccc4c3c2)cc1. The summed E-state index contributed by atoms with van der Waals surface area (Å²) in [6, 6.07) is 69.1. The zero-order valence-electron chi connectivity index (χ0n) is 27.8. The smallest absolute Gasteiger partial charge is 0.143 e. The van der Waals surface area contributed by atoms with Crippen LogP contribution in [0.25, 0.3) is 71.7 Å². The van der Waals surface area contributed by atoms with E-state index in [1.807, 2.05) is 6.07 Å². The Hall–Kier alpha value is -6.84. The average molecular weight is 653 g/mol. The molecule has 8 aromatic carbocycles. The first-order chi connectivity index (χ1) is 25.3. The Bertz CT molecular complexity index is 2810. The van der Waals surface area contributed by atoms with E-state index in [4.69, 9.17) is 4.42 Å². The largest absolute Gasteiger partial charge is 0.455 e. The van der Waals surface area contributed by atoms with Gasteiger partial charge in [-0.2, -0.15) is 0 Å². The van der Waals surface area contributed by atoms with Crippen LogP contribution in [0.3, 0.4) is 0 Å². The van der Waals surface area contributed by atoms with Crippen molar-refractivity contribution in [3.8, 4) is 27.9 Å². The predicted molar refractivity (Wildman–Crippen MR) is 214 cm³/mol. The molecule has 0 saturated heterocycles. The lowest BCUT2D eigenvalue weighted by Crippen LogP contribution is -2.11. The maximum absolute atomic E-state index is 6.80. The molecule has 0 fully saturated rings. The van der Waals surface area contributed by atoms with Crippen LogP contribution in [-0.2, 0) is 0 Å². The van der Waals surface area contributed by atoms with Gasteiger partial charge in [0.1, 0.15) is 11.2 Å². The highest BCUT2D eigenvalue weighted by Gasteiger charge is 2.23. The first kappa shape index (κ1) is 29.1. The third-order valence-corrected chi connectivity index (χ3v) is 9.98. The zero-order chi connectivity index (χ0) is 33.7. The van der Waals surface area contributed by atoms with E-state index in [1.165, 1.54) is 27.4 Å². The molecule has 240 valence electrons. The molecule has 0 N–H and O–H groups in total. The van der Waals surface area contributed by atoms with Crippen LogP contribution < -0.4 is 4.90 Å². The van der Waals surface area contributed by atoms with Gasteiger partial charge in [0.25, 0.3) is 0 Å². The fourth-order valence-electron chi connectivity index (χ4n) is 7.75. The molecule has 0 saturated carbocycles. The van der Waals surface area contributed by atoms with Gasteiger partial charge in [0.15, 0.2) is 0 Å². The number of hydrogen-bond acceptors (Lipinski definition) is 2. The van der Waals surface area contributed by atoms with Gasteiger partial charge in [-0.25, -0.2) is 0 Å². The van der Waals surface area contributed by atoms with E-state index < -0.39 is 0 Å². The van der Waals surface area contributed by atoms with E-state index >= 15 is 0 Å². The molecule has 0 aliphatic rings. The van der Waals surface area contributed by atoms with Crippen molar-refractivity contribution >= 4 is 60.8 Å². The van der Waals surface area contributed by atoms with Crippen LogP contribution in [-0.4, -0.2) is 4.57 Å². The van der Waals surface area contributed by atoms with Gasteiger partial charge >= 0.3 is 0 Å². The molecule has 3 nitrogen and oxygen atoms in total.